The lowest BCUT2D eigenvalue weighted by atomic mass is 10.3. The number of hydrogen-bond acceptors (Lipinski definition) is 7. The van der Waals surface area contributed by atoms with Gasteiger partial charge in [0.05, 0.1) is 9.95 Å². The van der Waals surface area contributed by atoms with Gasteiger partial charge in [-0.15, -0.1) is 0 Å². The molecular formula is C11H8ClN5O4. The van der Waals surface area contributed by atoms with E-state index in [9.17, 15) is 10.1 Å². The highest BCUT2D eigenvalue weighted by Crippen LogP contribution is 2.36. The Morgan fingerprint density at radius 1 is 1.48 bits per heavy atom. The molecule has 0 saturated heterocycles. The van der Waals surface area contributed by atoms with Crippen molar-refractivity contribution in [1.82, 2.24) is 9.97 Å². The number of amidine groups is 1. The minimum absolute atomic E-state index is 0.0296. The van der Waals surface area contributed by atoms with Crippen LogP contribution in [0.4, 0.5) is 5.69 Å². The van der Waals surface area contributed by atoms with Gasteiger partial charge in [-0.25, -0.2) is 4.98 Å². The number of benzene rings is 1. The molecule has 10 heteroatoms. The lowest BCUT2D eigenvalue weighted by molar-refractivity contribution is -0.385. The van der Waals surface area contributed by atoms with E-state index in [-0.39, 0.29) is 34.0 Å². The Labute approximate surface area is 122 Å². The SMILES string of the molecule is N/C(=N/O)c1ccnc(Oc2c(Cl)cccc2[N+](=O)[O-])n1. The molecule has 108 valence electrons. The first kappa shape index (κ1) is 14.5. The summed E-state index contributed by atoms with van der Waals surface area (Å²) in [6, 6.07) is 5.23. The van der Waals surface area contributed by atoms with Gasteiger partial charge in [0.1, 0.15) is 5.69 Å². The lowest BCUT2D eigenvalue weighted by Crippen LogP contribution is -2.15. The van der Waals surface area contributed by atoms with Crippen LogP contribution in [0.15, 0.2) is 35.6 Å². The van der Waals surface area contributed by atoms with E-state index in [1.54, 1.807) is 0 Å². The first-order valence-corrected chi connectivity index (χ1v) is 5.82. The largest absolute Gasteiger partial charge is 0.415 e. The maximum absolute atomic E-state index is 10.9. The zero-order valence-corrected chi connectivity index (χ0v) is 11.1. The standard InChI is InChI=1S/C11H8ClN5O4/c12-6-2-1-3-8(17(19)20)9(6)21-11-14-5-4-7(15-11)10(13)16-18/h1-5,18H,(H2,13,16). The highest BCUT2D eigenvalue weighted by Gasteiger charge is 2.20. The minimum atomic E-state index is -0.644. The van der Waals surface area contributed by atoms with Crippen LogP contribution in [0.3, 0.4) is 0 Å². The number of ether oxygens (including phenoxy) is 1. The fourth-order valence-electron chi connectivity index (χ4n) is 1.42. The van der Waals surface area contributed by atoms with Gasteiger partial charge in [0.25, 0.3) is 0 Å². The number of nitro benzene ring substituents is 1. The van der Waals surface area contributed by atoms with Crippen LogP contribution in [0.2, 0.25) is 5.02 Å². The first-order valence-electron chi connectivity index (χ1n) is 5.44. The molecule has 0 unspecified atom stereocenters. The smallest absolute Gasteiger partial charge is 0.322 e. The molecule has 2 rings (SSSR count). The molecule has 0 spiro atoms. The summed E-state index contributed by atoms with van der Waals surface area (Å²) in [6.07, 6.45) is 1.29. The van der Waals surface area contributed by atoms with Crippen LogP contribution in [0.25, 0.3) is 0 Å². The van der Waals surface area contributed by atoms with Crippen LogP contribution < -0.4 is 10.5 Å². The average molecular weight is 310 g/mol. The Balaban J connectivity index is 2.41. The molecule has 0 atom stereocenters. The fourth-order valence-corrected chi connectivity index (χ4v) is 1.63. The van der Waals surface area contributed by atoms with Crippen molar-refractivity contribution in [2.45, 2.75) is 0 Å². The van der Waals surface area contributed by atoms with Crippen molar-refractivity contribution in [3.63, 3.8) is 0 Å². The van der Waals surface area contributed by atoms with Crippen LogP contribution in [0, 0.1) is 10.1 Å². The molecule has 2 aromatic rings. The summed E-state index contributed by atoms with van der Waals surface area (Å²) >= 11 is 5.88. The van der Waals surface area contributed by atoms with E-state index in [4.69, 9.17) is 27.3 Å². The molecule has 0 aliphatic rings. The van der Waals surface area contributed by atoms with Gasteiger partial charge in [0, 0.05) is 12.3 Å². The molecule has 9 nitrogen and oxygen atoms in total. The third kappa shape index (κ3) is 3.15. The molecule has 1 heterocycles. The summed E-state index contributed by atoms with van der Waals surface area (Å²) in [4.78, 5) is 17.9. The minimum Gasteiger partial charge on any atom is -0.415 e. The van der Waals surface area contributed by atoms with Crippen molar-refractivity contribution in [2.75, 3.05) is 0 Å². The summed E-state index contributed by atoms with van der Waals surface area (Å²) in [5.41, 5.74) is 5.15. The van der Waals surface area contributed by atoms with Gasteiger partial charge >= 0.3 is 11.7 Å². The molecule has 1 aromatic carbocycles. The molecule has 0 fully saturated rings. The van der Waals surface area contributed by atoms with E-state index >= 15 is 0 Å². The first-order chi connectivity index (χ1) is 10.0. The molecule has 0 bridgehead atoms. The maximum atomic E-state index is 10.9. The quantitative estimate of drug-likeness (QED) is 0.289. The van der Waals surface area contributed by atoms with Gasteiger partial charge in [-0.2, -0.15) is 4.98 Å². The van der Waals surface area contributed by atoms with Crippen molar-refractivity contribution in [2.24, 2.45) is 10.9 Å². The van der Waals surface area contributed by atoms with E-state index in [0.29, 0.717) is 0 Å². The Morgan fingerprint density at radius 2 is 2.24 bits per heavy atom. The molecule has 0 radical (unpaired) electrons. The fraction of sp³-hybridized carbons (Fsp3) is 0. The molecule has 3 N–H and O–H groups in total. The van der Waals surface area contributed by atoms with Crippen molar-refractivity contribution in [1.29, 1.82) is 0 Å². The highest BCUT2D eigenvalue weighted by molar-refractivity contribution is 6.32. The average Bonchev–Trinajstić information content (AvgIpc) is 2.48. The summed E-state index contributed by atoms with van der Waals surface area (Å²) < 4.78 is 5.25. The number of aromatic nitrogens is 2. The number of nitrogens with two attached hydrogens (primary N) is 1. The topological polar surface area (TPSA) is 137 Å². The highest BCUT2D eigenvalue weighted by atomic mass is 35.5. The number of oxime groups is 1. The maximum Gasteiger partial charge on any atom is 0.322 e. The van der Waals surface area contributed by atoms with Crippen LogP contribution >= 0.6 is 11.6 Å². The normalized spacial score (nSPS) is 11.2. The van der Waals surface area contributed by atoms with Gasteiger partial charge in [0.2, 0.25) is 5.75 Å². The second-order valence-electron chi connectivity index (χ2n) is 3.66. The van der Waals surface area contributed by atoms with E-state index in [1.807, 2.05) is 0 Å². The van der Waals surface area contributed by atoms with Crippen LogP contribution in [-0.2, 0) is 0 Å². The summed E-state index contributed by atoms with van der Waals surface area (Å²) in [5, 5.41) is 22.3. The Morgan fingerprint density at radius 3 is 2.90 bits per heavy atom. The molecule has 0 saturated carbocycles. The van der Waals surface area contributed by atoms with Gasteiger partial charge in [-0.3, -0.25) is 10.1 Å². The molecule has 0 amide bonds. The second-order valence-corrected chi connectivity index (χ2v) is 4.06. The predicted octanol–water partition coefficient (Wildman–Crippen LogP) is 1.92. The van der Waals surface area contributed by atoms with E-state index in [2.05, 4.69) is 15.1 Å². The molecular weight excluding hydrogens is 302 g/mol. The van der Waals surface area contributed by atoms with Crippen molar-refractivity contribution < 1.29 is 14.9 Å². The van der Waals surface area contributed by atoms with Crippen molar-refractivity contribution in [3.8, 4) is 11.8 Å². The Kier molecular flexibility index (Phi) is 4.14. The Bertz CT molecular complexity index is 722. The number of nitro groups is 1. The van der Waals surface area contributed by atoms with Crippen molar-refractivity contribution in [3.05, 3.63) is 51.3 Å². The van der Waals surface area contributed by atoms with E-state index in [0.717, 1.165) is 0 Å². The van der Waals surface area contributed by atoms with Crippen LogP contribution in [-0.4, -0.2) is 25.9 Å². The zero-order chi connectivity index (χ0) is 15.4. The zero-order valence-electron chi connectivity index (χ0n) is 10.3. The summed E-state index contributed by atoms with van der Waals surface area (Å²) in [7, 11) is 0. The van der Waals surface area contributed by atoms with Gasteiger partial charge < -0.3 is 15.7 Å². The van der Waals surface area contributed by atoms with Gasteiger partial charge in [0.15, 0.2) is 5.84 Å². The van der Waals surface area contributed by atoms with Crippen molar-refractivity contribution >= 4 is 23.1 Å². The number of hydrogen-bond donors (Lipinski definition) is 2. The third-order valence-electron chi connectivity index (χ3n) is 2.34. The predicted molar refractivity (Wildman–Crippen MR) is 72.7 cm³/mol. The number of halogens is 1. The van der Waals surface area contributed by atoms with E-state index in [1.165, 1.54) is 30.5 Å². The molecule has 21 heavy (non-hydrogen) atoms. The van der Waals surface area contributed by atoms with Gasteiger partial charge in [-0.05, 0) is 12.1 Å². The third-order valence-corrected chi connectivity index (χ3v) is 2.64. The number of rotatable bonds is 4. The summed E-state index contributed by atoms with van der Waals surface area (Å²) in [6.45, 7) is 0. The Hall–Kier alpha value is -2.94. The summed E-state index contributed by atoms with van der Waals surface area (Å²) in [5.74, 6) is -0.447. The van der Waals surface area contributed by atoms with Gasteiger partial charge in [-0.1, -0.05) is 22.8 Å². The lowest BCUT2D eigenvalue weighted by Gasteiger charge is -2.07. The van der Waals surface area contributed by atoms with Crippen LogP contribution in [0.1, 0.15) is 5.69 Å². The monoisotopic (exact) mass is 309 g/mol. The molecule has 0 aliphatic heterocycles. The second kappa shape index (κ2) is 6.01. The number of para-hydroxylation sites is 1. The van der Waals surface area contributed by atoms with E-state index < -0.39 is 4.92 Å². The van der Waals surface area contributed by atoms with Crippen LogP contribution in [0.5, 0.6) is 11.8 Å². The molecule has 0 aliphatic carbocycles. The molecule has 1 aromatic heterocycles. The number of nitrogens with zero attached hydrogens (tertiary/aromatic N) is 4.